The summed E-state index contributed by atoms with van der Waals surface area (Å²) in [5.74, 6) is 1.51. The number of hydrogen-bond donors (Lipinski definition) is 0. The van der Waals surface area contributed by atoms with Crippen molar-refractivity contribution in [1.82, 2.24) is 4.90 Å². The van der Waals surface area contributed by atoms with E-state index in [0.29, 0.717) is 49.2 Å². The van der Waals surface area contributed by atoms with Crippen LogP contribution in [0.4, 0.5) is 4.79 Å². The number of imide groups is 1. The number of ether oxygens (including phenoxy) is 2. The van der Waals surface area contributed by atoms with Gasteiger partial charge in [0.05, 0.1) is 16.5 Å². The summed E-state index contributed by atoms with van der Waals surface area (Å²) in [6, 6.07) is 11.7. The number of carbonyl (C=O) groups excluding carboxylic acids is 2. The number of halogens is 3. The molecule has 0 saturated carbocycles. The van der Waals surface area contributed by atoms with Crippen molar-refractivity contribution in [2.75, 3.05) is 6.79 Å². The van der Waals surface area contributed by atoms with E-state index in [4.69, 9.17) is 48.7 Å². The summed E-state index contributed by atoms with van der Waals surface area (Å²) in [6.45, 7) is 0.115. The molecule has 0 spiro atoms. The van der Waals surface area contributed by atoms with Gasteiger partial charge in [0.25, 0.3) is 11.1 Å². The lowest BCUT2D eigenvalue weighted by molar-refractivity contribution is -0.123. The fraction of sp³-hybridized carbons (Fsp3) is 0.0909. The zero-order valence-electron chi connectivity index (χ0n) is 16.1. The molecule has 2 aliphatic heterocycles. The summed E-state index contributed by atoms with van der Waals surface area (Å²) in [6.07, 6.45) is 1.52. The average Bonchev–Trinajstić information content (AvgIpc) is 3.47. The quantitative estimate of drug-likeness (QED) is 0.358. The largest absolute Gasteiger partial charge is 0.457 e. The van der Waals surface area contributed by atoms with Crippen molar-refractivity contribution in [3.8, 4) is 22.8 Å². The molecule has 2 amide bonds. The average molecular weight is 509 g/mol. The molecule has 32 heavy (non-hydrogen) atoms. The Hall–Kier alpha value is -2.58. The Bertz CT molecular complexity index is 1300. The predicted octanol–water partition coefficient (Wildman–Crippen LogP) is 6.87. The number of rotatable bonds is 4. The molecule has 0 N–H and O–H groups in total. The topological polar surface area (TPSA) is 69.0 Å². The second kappa shape index (κ2) is 8.41. The third-order valence-corrected chi connectivity index (χ3v) is 6.66. The summed E-state index contributed by atoms with van der Waals surface area (Å²) in [5, 5.41) is 0.980. The van der Waals surface area contributed by atoms with Gasteiger partial charge in [-0.15, -0.1) is 0 Å². The predicted molar refractivity (Wildman–Crippen MR) is 123 cm³/mol. The minimum absolute atomic E-state index is 0.0129. The Morgan fingerprint density at radius 1 is 0.969 bits per heavy atom. The second-order valence-electron chi connectivity index (χ2n) is 6.89. The highest BCUT2D eigenvalue weighted by atomic mass is 35.5. The molecule has 3 aromatic rings. The molecular formula is C22H12Cl3NO5S. The Morgan fingerprint density at radius 2 is 1.75 bits per heavy atom. The molecule has 0 unspecified atom stereocenters. The van der Waals surface area contributed by atoms with E-state index in [9.17, 15) is 9.59 Å². The molecule has 6 nitrogen and oxygen atoms in total. The standard InChI is InChI=1S/C22H12Cl3NO5S/c23-12-1-3-15(24)14(6-12)17-4-2-13(31-17)7-20-21(27)26(22(28)32-20)9-11-5-18-19(8-16(11)25)30-10-29-18/h1-8H,9-10H2/b20-7+. The lowest BCUT2D eigenvalue weighted by Gasteiger charge is -2.14. The van der Waals surface area contributed by atoms with E-state index in [1.165, 1.54) is 6.08 Å². The first-order valence-corrected chi connectivity index (χ1v) is 11.2. The molecule has 1 saturated heterocycles. The van der Waals surface area contributed by atoms with Gasteiger partial charge in [-0.05, 0) is 53.7 Å². The summed E-state index contributed by atoms with van der Waals surface area (Å²) in [7, 11) is 0. The van der Waals surface area contributed by atoms with Crippen LogP contribution >= 0.6 is 46.6 Å². The van der Waals surface area contributed by atoms with Crippen molar-refractivity contribution in [3.05, 3.63) is 73.8 Å². The molecular weight excluding hydrogens is 497 g/mol. The number of hydrogen-bond acceptors (Lipinski definition) is 6. The lowest BCUT2D eigenvalue weighted by atomic mass is 10.2. The van der Waals surface area contributed by atoms with E-state index in [1.807, 2.05) is 0 Å². The van der Waals surface area contributed by atoms with Gasteiger partial charge in [0.2, 0.25) is 6.79 Å². The minimum atomic E-state index is -0.438. The maximum Gasteiger partial charge on any atom is 0.293 e. The monoisotopic (exact) mass is 507 g/mol. The summed E-state index contributed by atoms with van der Waals surface area (Å²) >= 11 is 19.4. The van der Waals surface area contributed by atoms with Crippen LogP contribution in [0.25, 0.3) is 17.4 Å². The fourth-order valence-electron chi connectivity index (χ4n) is 3.28. The van der Waals surface area contributed by atoms with E-state index >= 15 is 0 Å². The first-order chi connectivity index (χ1) is 15.4. The normalized spacial score (nSPS) is 16.5. The van der Waals surface area contributed by atoms with Gasteiger partial charge < -0.3 is 13.9 Å². The van der Waals surface area contributed by atoms with Crippen molar-refractivity contribution in [3.63, 3.8) is 0 Å². The molecule has 2 aliphatic rings. The molecule has 1 aromatic heterocycles. The fourth-order valence-corrected chi connectivity index (χ4v) is 4.69. The van der Waals surface area contributed by atoms with Crippen molar-refractivity contribution in [2.24, 2.45) is 0 Å². The Morgan fingerprint density at radius 3 is 2.56 bits per heavy atom. The van der Waals surface area contributed by atoms with Crippen LogP contribution in [0.2, 0.25) is 15.1 Å². The van der Waals surface area contributed by atoms with Crippen molar-refractivity contribution >= 4 is 63.8 Å². The summed E-state index contributed by atoms with van der Waals surface area (Å²) < 4.78 is 16.4. The van der Waals surface area contributed by atoms with Gasteiger partial charge in [-0.2, -0.15) is 0 Å². The molecule has 5 rings (SSSR count). The van der Waals surface area contributed by atoms with Crippen LogP contribution in [0.1, 0.15) is 11.3 Å². The number of carbonyl (C=O) groups is 2. The number of benzene rings is 2. The first kappa shape index (κ1) is 21.3. The molecule has 3 heterocycles. The van der Waals surface area contributed by atoms with Crippen LogP contribution < -0.4 is 9.47 Å². The minimum Gasteiger partial charge on any atom is -0.457 e. The van der Waals surface area contributed by atoms with Crippen LogP contribution in [0.3, 0.4) is 0 Å². The SMILES string of the molecule is O=C1S/C(=C/c2ccc(-c3cc(Cl)ccc3Cl)o2)C(=O)N1Cc1cc2c(cc1Cl)OCO2. The van der Waals surface area contributed by atoms with E-state index in [1.54, 1.807) is 42.5 Å². The molecule has 162 valence electrons. The van der Waals surface area contributed by atoms with E-state index in [0.717, 1.165) is 16.7 Å². The Kier molecular flexibility index (Phi) is 5.59. The number of fused-ring (bicyclic) bond motifs is 1. The van der Waals surface area contributed by atoms with Gasteiger partial charge in [0.15, 0.2) is 11.5 Å². The zero-order valence-corrected chi connectivity index (χ0v) is 19.1. The summed E-state index contributed by atoms with van der Waals surface area (Å²) in [5.41, 5.74) is 1.21. The van der Waals surface area contributed by atoms with Crippen molar-refractivity contribution in [2.45, 2.75) is 6.54 Å². The molecule has 0 aliphatic carbocycles. The number of thioether (sulfide) groups is 1. The maximum absolute atomic E-state index is 12.9. The van der Waals surface area contributed by atoms with Crippen LogP contribution in [0.15, 0.2) is 51.8 Å². The number of furan rings is 1. The molecule has 10 heteroatoms. The smallest absolute Gasteiger partial charge is 0.293 e. The third-order valence-electron chi connectivity index (χ3n) is 4.84. The Balaban J connectivity index is 1.38. The highest BCUT2D eigenvalue weighted by Crippen LogP contribution is 2.40. The highest BCUT2D eigenvalue weighted by Gasteiger charge is 2.36. The van der Waals surface area contributed by atoms with Crippen LogP contribution in [-0.2, 0) is 11.3 Å². The molecule has 0 bridgehead atoms. The molecule has 0 atom stereocenters. The second-order valence-corrected chi connectivity index (χ2v) is 9.13. The first-order valence-electron chi connectivity index (χ1n) is 9.28. The van der Waals surface area contributed by atoms with E-state index < -0.39 is 11.1 Å². The van der Waals surface area contributed by atoms with Crippen LogP contribution in [0.5, 0.6) is 11.5 Å². The molecule has 0 radical (unpaired) electrons. The van der Waals surface area contributed by atoms with E-state index in [2.05, 4.69) is 0 Å². The molecule has 1 fully saturated rings. The van der Waals surface area contributed by atoms with Gasteiger partial charge in [0, 0.05) is 27.8 Å². The third kappa shape index (κ3) is 3.97. The maximum atomic E-state index is 12.9. The zero-order chi connectivity index (χ0) is 22.4. The van der Waals surface area contributed by atoms with Crippen molar-refractivity contribution in [1.29, 1.82) is 0 Å². The lowest BCUT2D eigenvalue weighted by Crippen LogP contribution is -2.27. The Labute approximate surface area is 201 Å². The number of nitrogens with zero attached hydrogens (tertiary/aromatic N) is 1. The van der Waals surface area contributed by atoms with Gasteiger partial charge >= 0.3 is 0 Å². The van der Waals surface area contributed by atoms with Gasteiger partial charge in [-0.3, -0.25) is 14.5 Å². The summed E-state index contributed by atoms with van der Waals surface area (Å²) in [4.78, 5) is 26.8. The van der Waals surface area contributed by atoms with Crippen LogP contribution in [-0.4, -0.2) is 22.8 Å². The van der Waals surface area contributed by atoms with Gasteiger partial charge in [0.1, 0.15) is 11.5 Å². The number of amides is 2. The van der Waals surface area contributed by atoms with Crippen LogP contribution in [0, 0.1) is 0 Å². The van der Waals surface area contributed by atoms with E-state index in [-0.39, 0.29) is 18.2 Å². The highest BCUT2D eigenvalue weighted by molar-refractivity contribution is 8.18. The molecule has 2 aromatic carbocycles. The van der Waals surface area contributed by atoms with Crippen molar-refractivity contribution < 1.29 is 23.5 Å². The van der Waals surface area contributed by atoms with Gasteiger partial charge in [-0.1, -0.05) is 34.8 Å². The van der Waals surface area contributed by atoms with Gasteiger partial charge in [-0.25, -0.2) is 0 Å².